The maximum atomic E-state index is 12.4. The number of hydrogen-bond acceptors (Lipinski definition) is 6. The minimum atomic E-state index is -0.407. The van der Waals surface area contributed by atoms with E-state index < -0.39 is 5.97 Å². The van der Waals surface area contributed by atoms with Crippen molar-refractivity contribution in [1.82, 2.24) is 15.3 Å². The van der Waals surface area contributed by atoms with Crippen molar-refractivity contribution in [2.75, 3.05) is 12.4 Å². The van der Waals surface area contributed by atoms with E-state index in [9.17, 15) is 9.59 Å². The number of nitrogens with one attached hydrogen (secondary N) is 2. The molecule has 142 valence electrons. The number of esters is 1. The monoisotopic (exact) mass is 368 g/mol. The normalized spacial score (nSPS) is 14.9. The Bertz CT molecular complexity index is 784. The molecule has 1 amide bonds. The van der Waals surface area contributed by atoms with Crippen LogP contribution in [0.4, 0.5) is 11.5 Å². The molecule has 0 bridgehead atoms. The number of hydrogen-bond donors (Lipinski definition) is 2. The number of aromatic nitrogens is 2. The van der Waals surface area contributed by atoms with Gasteiger partial charge in [0.15, 0.2) is 0 Å². The Morgan fingerprint density at radius 2 is 1.85 bits per heavy atom. The van der Waals surface area contributed by atoms with Gasteiger partial charge in [-0.05, 0) is 31.0 Å². The Morgan fingerprint density at radius 1 is 1.07 bits per heavy atom. The van der Waals surface area contributed by atoms with Gasteiger partial charge in [0.1, 0.15) is 11.5 Å². The lowest BCUT2D eigenvalue weighted by molar-refractivity contribution is 0.0600. The Labute approximate surface area is 158 Å². The predicted octanol–water partition coefficient (Wildman–Crippen LogP) is 3.46. The van der Waals surface area contributed by atoms with Gasteiger partial charge in [-0.1, -0.05) is 31.7 Å². The molecule has 0 unspecified atom stereocenters. The second-order valence-corrected chi connectivity index (χ2v) is 6.65. The van der Waals surface area contributed by atoms with Gasteiger partial charge in [-0.3, -0.25) is 4.79 Å². The number of nitrogens with zero attached hydrogens (tertiary/aromatic N) is 2. The molecule has 2 aromatic rings. The number of carbonyl (C=O) groups is 2. The van der Waals surface area contributed by atoms with Crippen molar-refractivity contribution in [1.29, 1.82) is 0 Å². The molecule has 0 atom stereocenters. The lowest BCUT2D eigenvalue weighted by Gasteiger charge is -2.15. The molecule has 0 spiro atoms. The molecule has 1 aliphatic carbocycles. The Balaban J connectivity index is 1.61. The van der Waals surface area contributed by atoms with Crippen molar-refractivity contribution >= 4 is 23.4 Å². The van der Waals surface area contributed by atoms with Crippen molar-refractivity contribution in [2.45, 2.75) is 44.6 Å². The highest BCUT2D eigenvalue weighted by Crippen LogP contribution is 2.18. The second-order valence-electron chi connectivity index (χ2n) is 6.65. The fourth-order valence-electron chi connectivity index (χ4n) is 3.18. The maximum Gasteiger partial charge on any atom is 0.337 e. The second kappa shape index (κ2) is 9.12. The van der Waals surface area contributed by atoms with Gasteiger partial charge in [0.05, 0.1) is 25.1 Å². The minimum Gasteiger partial charge on any atom is -0.465 e. The van der Waals surface area contributed by atoms with Crippen LogP contribution >= 0.6 is 0 Å². The van der Waals surface area contributed by atoms with Gasteiger partial charge in [-0.2, -0.15) is 0 Å². The van der Waals surface area contributed by atoms with Crippen LogP contribution in [0.3, 0.4) is 0 Å². The fourth-order valence-corrected chi connectivity index (χ4v) is 3.18. The first-order chi connectivity index (χ1) is 13.2. The first-order valence-electron chi connectivity index (χ1n) is 9.24. The van der Waals surface area contributed by atoms with E-state index in [4.69, 9.17) is 4.74 Å². The smallest absolute Gasteiger partial charge is 0.337 e. The summed E-state index contributed by atoms with van der Waals surface area (Å²) in [5, 5.41) is 6.12. The van der Waals surface area contributed by atoms with Gasteiger partial charge in [-0.25, -0.2) is 14.8 Å². The van der Waals surface area contributed by atoms with E-state index in [-0.39, 0.29) is 11.9 Å². The SMILES string of the molecule is COC(=O)c1cccc(Nc2cnc(C(=O)NC3CCCCCC3)cn2)c1. The van der Waals surface area contributed by atoms with Gasteiger partial charge >= 0.3 is 5.97 Å². The number of rotatable bonds is 5. The summed E-state index contributed by atoms with van der Waals surface area (Å²) in [6, 6.07) is 7.11. The molecule has 7 nitrogen and oxygen atoms in total. The number of ether oxygens (including phenoxy) is 1. The molecule has 0 radical (unpaired) electrons. The first kappa shape index (κ1) is 18.8. The lowest BCUT2D eigenvalue weighted by atomic mass is 10.1. The zero-order chi connectivity index (χ0) is 19.1. The Hall–Kier alpha value is -2.96. The predicted molar refractivity (Wildman–Crippen MR) is 102 cm³/mol. The van der Waals surface area contributed by atoms with Crippen LogP contribution in [-0.4, -0.2) is 35.0 Å². The van der Waals surface area contributed by atoms with Gasteiger partial charge in [-0.15, -0.1) is 0 Å². The van der Waals surface area contributed by atoms with Crippen LogP contribution in [0, 0.1) is 0 Å². The van der Waals surface area contributed by atoms with Gasteiger partial charge in [0.2, 0.25) is 0 Å². The highest BCUT2D eigenvalue weighted by molar-refractivity contribution is 5.92. The summed E-state index contributed by atoms with van der Waals surface area (Å²) in [6.07, 6.45) is 9.80. The van der Waals surface area contributed by atoms with Crippen LogP contribution in [0.5, 0.6) is 0 Å². The largest absolute Gasteiger partial charge is 0.465 e. The van der Waals surface area contributed by atoms with E-state index in [1.165, 1.54) is 32.3 Å². The summed E-state index contributed by atoms with van der Waals surface area (Å²) in [5.41, 5.74) is 1.42. The standard InChI is InChI=1S/C20H24N4O3/c1-27-20(26)14-7-6-10-16(11-14)23-18-13-21-17(12-22-18)19(25)24-15-8-4-2-3-5-9-15/h6-7,10-13,15H,2-5,8-9H2,1H3,(H,22,23)(H,24,25). The summed E-state index contributed by atoms with van der Waals surface area (Å²) in [4.78, 5) is 32.4. The van der Waals surface area contributed by atoms with Crippen LogP contribution in [0.25, 0.3) is 0 Å². The quantitative estimate of drug-likeness (QED) is 0.620. The Kier molecular flexibility index (Phi) is 6.35. The van der Waals surface area contributed by atoms with Crippen molar-refractivity contribution < 1.29 is 14.3 Å². The molecule has 1 aromatic carbocycles. The van der Waals surface area contributed by atoms with Crippen LogP contribution in [0.1, 0.15) is 59.4 Å². The topological polar surface area (TPSA) is 93.2 Å². The third-order valence-electron chi connectivity index (χ3n) is 4.63. The Morgan fingerprint density at radius 3 is 2.52 bits per heavy atom. The molecular formula is C20H24N4O3. The third-order valence-corrected chi connectivity index (χ3v) is 4.63. The van der Waals surface area contributed by atoms with Crippen LogP contribution < -0.4 is 10.6 Å². The maximum absolute atomic E-state index is 12.4. The zero-order valence-electron chi connectivity index (χ0n) is 15.4. The highest BCUT2D eigenvalue weighted by Gasteiger charge is 2.16. The van der Waals surface area contributed by atoms with Gasteiger partial charge < -0.3 is 15.4 Å². The molecule has 0 aliphatic heterocycles. The average molecular weight is 368 g/mol. The van der Waals surface area contributed by atoms with E-state index in [1.54, 1.807) is 24.3 Å². The van der Waals surface area contributed by atoms with E-state index in [0.29, 0.717) is 22.8 Å². The lowest BCUT2D eigenvalue weighted by Crippen LogP contribution is -2.34. The number of carbonyl (C=O) groups excluding carboxylic acids is 2. The first-order valence-corrected chi connectivity index (χ1v) is 9.24. The number of benzene rings is 1. The summed E-state index contributed by atoms with van der Waals surface area (Å²) >= 11 is 0. The van der Waals surface area contributed by atoms with Crippen molar-refractivity contribution in [2.24, 2.45) is 0 Å². The summed E-state index contributed by atoms with van der Waals surface area (Å²) in [6.45, 7) is 0. The number of amides is 1. The van der Waals surface area contributed by atoms with E-state index in [2.05, 4.69) is 20.6 Å². The summed E-state index contributed by atoms with van der Waals surface area (Å²) in [7, 11) is 1.34. The summed E-state index contributed by atoms with van der Waals surface area (Å²) in [5.74, 6) is -0.105. The van der Waals surface area contributed by atoms with Gasteiger partial charge in [0, 0.05) is 11.7 Å². The molecule has 1 aliphatic rings. The molecule has 1 aromatic heterocycles. The zero-order valence-corrected chi connectivity index (χ0v) is 15.4. The molecule has 1 heterocycles. The molecule has 27 heavy (non-hydrogen) atoms. The average Bonchev–Trinajstić information content (AvgIpc) is 2.97. The van der Waals surface area contributed by atoms with Crippen LogP contribution in [0.15, 0.2) is 36.7 Å². The van der Waals surface area contributed by atoms with Crippen LogP contribution in [-0.2, 0) is 4.74 Å². The molecule has 1 saturated carbocycles. The molecular weight excluding hydrogens is 344 g/mol. The molecule has 3 rings (SSSR count). The van der Waals surface area contributed by atoms with E-state index >= 15 is 0 Å². The summed E-state index contributed by atoms with van der Waals surface area (Å²) < 4.78 is 4.71. The van der Waals surface area contributed by atoms with E-state index in [0.717, 1.165) is 25.7 Å². The van der Waals surface area contributed by atoms with Crippen LogP contribution in [0.2, 0.25) is 0 Å². The molecule has 7 heteroatoms. The fraction of sp³-hybridized carbons (Fsp3) is 0.400. The molecule has 0 saturated heterocycles. The third kappa shape index (κ3) is 5.26. The van der Waals surface area contributed by atoms with Crippen molar-refractivity contribution in [3.8, 4) is 0 Å². The highest BCUT2D eigenvalue weighted by atomic mass is 16.5. The molecule has 2 N–H and O–H groups in total. The van der Waals surface area contributed by atoms with E-state index in [1.807, 2.05) is 0 Å². The van der Waals surface area contributed by atoms with Gasteiger partial charge in [0.25, 0.3) is 5.91 Å². The minimum absolute atomic E-state index is 0.186. The number of anilines is 2. The number of methoxy groups -OCH3 is 1. The van der Waals surface area contributed by atoms with Crippen molar-refractivity contribution in [3.05, 3.63) is 47.9 Å². The van der Waals surface area contributed by atoms with Crippen molar-refractivity contribution in [3.63, 3.8) is 0 Å². The molecule has 1 fully saturated rings.